The molecule has 3 nitrogen and oxygen atoms in total. The second kappa shape index (κ2) is 4.67. The summed E-state index contributed by atoms with van der Waals surface area (Å²) in [4.78, 5) is 2.41. The molecule has 1 aromatic rings. The molecule has 17 heavy (non-hydrogen) atoms. The fourth-order valence-electron chi connectivity index (χ4n) is 2.75. The Morgan fingerprint density at radius 1 is 1.24 bits per heavy atom. The molecule has 2 aliphatic rings. The maximum absolute atomic E-state index is 9.47. The molecule has 0 bridgehead atoms. The molecule has 1 saturated heterocycles. The highest BCUT2D eigenvalue weighted by Gasteiger charge is 2.26. The van der Waals surface area contributed by atoms with Gasteiger partial charge in [0, 0.05) is 26.1 Å². The Kier molecular flexibility index (Phi) is 3.04. The van der Waals surface area contributed by atoms with E-state index in [0.717, 1.165) is 44.6 Å². The Labute approximate surface area is 102 Å². The van der Waals surface area contributed by atoms with Gasteiger partial charge in [-0.1, -0.05) is 18.2 Å². The summed E-state index contributed by atoms with van der Waals surface area (Å²) in [5.41, 5.74) is 1.33. The molecule has 0 aromatic heterocycles. The number of aliphatic hydroxyl groups is 1. The van der Waals surface area contributed by atoms with Gasteiger partial charge in [0.05, 0.1) is 6.10 Å². The van der Waals surface area contributed by atoms with Gasteiger partial charge in [0.15, 0.2) is 0 Å². The fraction of sp³-hybridized carbons (Fsp3) is 0.571. The molecule has 1 aromatic carbocycles. The second-order valence-corrected chi connectivity index (χ2v) is 5.08. The van der Waals surface area contributed by atoms with Crippen LogP contribution in [0.25, 0.3) is 0 Å². The van der Waals surface area contributed by atoms with Crippen LogP contribution in [0.2, 0.25) is 0 Å². The van der Waals surface area contributed by atoms with Gasteiger partial charge in [0.2, 0.25) is 0 Å². The Morgan fingerprint density at radius 3 is 2.76 bits per heavy atom. The number of nitrogens with zero attached hydrogens (tertiary/aromatic N) is 1. The first-order valence-corrected chi connectivity index (χ1v) is 6.46. The van der Waals surface area contributed by atoms with Crippen molar-refractivity contribution in [3.63, 3.8) is 0 Å². The molecule has 2 heterocycles. The zero-order valence-electron chi connectivity index (χ0n) is 10.0. The van der Waals surface area contributed by atoms with E-state index in [1.165, 1.54) is 5.56 Å². The minimum absolute atomic E-state index is 0.0899. The lowest BCUT2D eigenvalue weighted by atomic mass is 10.1. The number of benzene rings is 1. The molecule has 1 unspecified atom stereocenters. The number of fused-ring (bicyclic) bond motifs is 1. The molecule has 0 aliphatic carbocycles. The molecular weight excluding hydrogens is 214 g/mol. The zero-order valence-corrected chi connectivity index (χ0v) is 10.0. The van der Waals surface area contributed by atoms with Gasteiger partial charge in [-0.25, -0.2) is 0 Å². The summed E-state index contributed by atoms with van der Waals surface area (Å²) in [6.45, 7) is 2.98. The third kappa shape index (κ3) is 2.45. The highest BCUT2D eigenvalue weighted by atomic mass is 16.5. The molecule has 0 amide bonds. The summed E-state index contributed by atoms with van der Waals surface area (Å²) in [6, 6.07) is 8.30. The Bertz CT molecular complexity index is 361. The summed E-state index contributed by atoms with van der Waals surface area (Å²) in [6.07, 6.45) is 3.03. The Hall–Kier alpha value is -1.06. The summed E-state index contributed by atoms with van der Waals surface area (Å²) >= 11 is 0. The van der Waals surface area contributed by atoms with Crippen molar-refractivity contribution in [3.05, 3.63) is 29.8 Å². The van der Waals surface area contributed by atoms with E-state index in [4.69, 9.17) is 4.74 Å². The van der Waals surface area contributed by atoms with Crippen molar-refractivity contribution >= 4 is 0 Å². The van der Waals surface area contributed by atoms with Crippen LogP contribution in [0.5, 0.6) is 5.75 Å². The van der Waals surface area contributed by atoms with Crippen LogP contribution >= 0.6 is 0 Å². The van der Waals surface area contributed by atoms with E-state index in [1.54, 1.807) is 0 Å². The van der Waals surface area contributed by atoms with Gasteiger partial charge in [0.25, 0.3) is 0 Å². The van der Waals surface area contributed by atoms with Crippen LogP contribution in [0.15, 0.2) is 24.3 Å². The Morgan fingerprint density at radius 2 is 2.00 bits per heavy atom. The average molecular weight is 233 g/mol. The highest BCUT2D eigenvalue weighted by molar-refractivity contribution is 5.37. The standard InChI is InChI=1S/C14H19NO2/c16-12-5-7-15(8-6-12)10-13-9-11-3-1-2-4-14(11)17-13/h1-4,12-13,16H,5-10H2. The number of para-hydroxylation sites is 1. The van der Waals surface area contributed by atoms with Crippen molar-refractivity contribution in [1.82, 2.24) is 4.90 Å². The van der Waals surface area contributed by atoms with E-state index in [9.17, 15) is 5.11 Å². The van der Waals surface area contributed by atoms with Crippen LogP contribution in [-0.4, -0.2) is 41.8 Å². The van der Waals surface area contributed by atoms with Gasteiger partial charge in [-0.3, -0.25) is 4.90 Å². The molecule has 0 saturated carbocycles. The van der Waals surface area contributed by atoms with Crippen LogP contribution in [-0.2, 0) is 6.42 Å². The first-order chi connectivity index (χ1) is 8.31. The van der Waals surface area contributed by atoms with E-state index < -0.39 is 0 Å². The first kappa shape index (κ1) is 11.1. The lowest BCUT2D eigenvalue weighted by Crippen LogP contribution is -2.41. The van der Waals surface area contributed by atoms with Crippen molar-refractivity contribution in [1.29, 1.82) is 0 Å². The smallest absolute Gasteiger partial charge is 0.123 e. The quantitative estimate of drug-likeness (QED) is 0.839. The normalized spacial score (nSPS) is 25.6. The number of rotatable bonds is 2. The third-order valence-corrected chi connectivity index (χ3v) is 3.73. The number of hydrogen-bond donors (Lipinski definition) is 1. The molecule has 2 aliphatic heterocycles. The molecule has 3 rings (SSSR count). The molecule has 92 valence electrons. The molecule has 0 spiro atoms. The van der Waals surface area contributed by atoms with Crippen molar-refractivity contribution < 1.29 is 9.84 Å². The molecule has 0 radical (unpaired) electrons. The van der Waals surface area contributed by atoms with Crippen LogP contribution in [0, 0.1) is 0 Å². The summed E-state index contributed by atoms with van der Waals surface area (Å²) in [5, 5.41) is 9.47. The van der Waals surface area contributed by atoms with E-state index >= 15 is 0 Å². The van der Waals surface area contributed by atoms with Crippen molar-refractivity contribution in [3.8, 4) is 5.75 Å². The maximum Gasteiger partial charge on any atom is 0.123 e. The van der Waals surface area contributed by atoms with Gasteiger partial charge in [-0.2, -0.15) is 0 Å². The molecule has 1 N–H and O–H groups in total. The lowest BCUT2D eigenvalue weighted by Gasteiger charge is -2.31. The van der Waals surface area contributed by atoms with Crippen LogP contribution in [0.4, 0.5) is 0 Å². The SMILES string of the molecule is OC1CCN(CC2Cc3ccccc3O2)CC1. The van der Waals surface area contributed by atoms with Gasteiger partial charge < -0.3 is 9.84 Å². The largest absolute Gasteiger partial charge is 0.488 e. The van der Waals surface area contributed by atoms with Crippen molar-refractivity contribution in [2.75, 3.05) is 19.6 Å². The van der Waals surface area contributed by atoms with Crippen molar-refractivity contribution in [2.45, 2.75) is 31.5 Å². The first-order valence-electron chi connectivity index (χ1n) is 6.46. The van der Waals surface area contributed by atoms with Gasteiger partial charge >= 0.3 is 0 Å². The topological polar surface area (TPSA) is 32.7 Å². The second-order valence-electron chi connectivity index (χ2n) is 5.08. The molecular formula is C14H19NO2. The average Bonchev–Trinajstić information content (AvgIpc) is 2.74. The number of likely N-dealkylation sites (tertiary alicyclic amines) is 1. The van der Waals surface area contributed by atoms with E-state index in [-0.39, 0.29) is 6.10 Å². The zero-order chi connectivity index (χ0) is 11.7. The predicted molar refractivity (Wildman–Crippen MR) is 66.2 cm³/mol. The summed E-state index contributed by atoms with van der Waals surface area (Å²) < 4.78 is 5.93. The van der Waals surface area contributed by atoms with E-state index in [2.05, 4.69) is 23.1 Å². The number of hydrogen-bond acceptors (Lipinski definition) is 3. The number of ether oxygens (including phenoxy) is 1. The minimum atomic E-state index is -0.0899. The number of aliphatic hydroxyl groups excluding tert-OH is 1. The summed E-state index contributed by atoms with van der Waals surface area (Å²) in [5.74, 6) is 1.05. The van der Waals surface area contributed by atoms with Crippen molar-refractivity contribution in [2.24, 2.45) is 0 Å². The highest BCUT2D eigenvalue weighted by Crippen LogP contribution is 2.28. The monoisotopic (exact) mass is 233 g/mol. The van der Waals surface area contributed by atoms with E-state index in [1.807, 2.05) is 6.07 Å². The van der Waals surface area contributed by atoms with Crippen LogP contribution in [0.1, 0.15) is 18.4 Å². The lowest BCUT2D eigenvalue weighted by molar-refractivity contribution is 0.0625. The minimum Gasteiger partial charge on any atom is -0.488 e. The summed E-state index contributed by atoms with van der Waals surface area (Å²) in [7, 11) is 0. The molecule has 3 heteroatoms. The van der Waals surface area contributed by atoms with Gasteiger partial charge in [-0.05, 0) is 24.5 Å². The molecule has 1 fully saturated rings. The third-order valence-electron chi connectivity index (χ3n) is 3.73. The number of piperidine rings is 1. The fourth-order valence-corrected chi connectivity index (χ4v) is 2.75. The van der Waals surface area contributed by atoms with E-state index in [0.29, 0.717) is 6.10 Å². The van der Waals surface area contributed by atoms with Gasteiger partial charge in [0.1, 0.15) is 11.9 Å². The maximum atomic E-state index is 9.47. The predicted octanol–water partition coefficient (Wildman–Crippen LogP) is 1.45. The van der Waals surface area contributed by atoms with Crippen LogP contribution < -0.4 is 4.74 Å². The Balaban J connectivity index is 1.55. The van der Waals surface area contributed by atoms with Crippen LogP contribution in [0.3, 0.4) is 0 Å². The van der Waals surface area contributed by atoms with Gasteiger partial charge in [-0.15, -0.1) is 0 Å². The molecule has 1 atom stereocenters.